The monoisotopic (exact) mass is 351 g/mol. The second-order valence-corrected chi connectivity index (χ2v) is 7.45. The molecule has 1 unspecified atom stereocenters. The van der Waals surface area contributed by atoms with Crippen LogP contribution in [-0.2, 0) is 6.42 Å². The van der Waals surface area contributed by atoms with Gasteiger partial charge in [-0.25, -0.2) is 0 Å². The minimum absolute atomic E-state index is 0.695. The van der Waals surface area contributed by atoms with Crippen molar-refractivity contribution in [1.82, 2.24) is 5.32 Å². The van der Waals surface area contributed by atoms with Crippen LogP contribution in [0, 0.1) is 5.92 Å². The van der Waals surface area contributed by atoms with E-state index in [4.69, 9.17) is 4.74 Å². The lowest BCUT2D eigenvalue weighted by molar-refractivity contribution is 0.375. The van der Waals surface area contributed by atoms with E-state index in [1.54, 1.807) is 7.11 Å². The van der Waals surface area contributed by atoms with E-state index in [-0.39, 0.29) is 0 Å². The van der Waals surface area contributed by atoms with Gasteiger partial charge in [-0.15, -0.1) is 0 Å². The van der Waals surface area contributed by atoms with Crippen molar-refractivity contribution in [3.8, 4) is 5.75 Å². The van der Waals surface area contributed by atoms with Gasteiger partial charge < -0.3 is 10.1 Å². The molecule has 1 aliphatic carbocycles. The van der Waals surface area contributed by atoms with E-state index in [9.17, 15) is 0 Å². The van der Waals surface area contributed by atoms with Gasteiger partial charge in [-0.05, 0) is 90.2 Å². The van der Waals surface area contributed by atoms with Crippen LogP contribution in [0.4, 0.5) is 0 Å². The Morgan fingerprint density at radius 2 is 2.00 bits per heavy atom. The maximum Gasteiger partial charge on any atom is 0.136 e. The fraction of sp³-hybridized carbons (Fsp3) is 0.667. The molecule has 1 aliphatic heterocycles. The van der Waals surface area contributed by atoms with Crippen molar-refractivity contribution >= 4 is 15.9 Å². The standard InChI is InChI=1S/C18H26BrNO/c1-21-18-16(15-6-2-3-7-15)10-14(11-17(18)19)9-13-5-4-8-20-12-13/h10-11,13,15,20H,2-9,12H2,1H3. The van der Waals surface area contributed by atoms with Crippen molar-refractivity contribution in [1.29, 1.82) is 0 Å². The first-order valence-electron chi connectivity index (χ1n) is 8.35. The van der Waals surface area contributed by atoms with Gasteiger partial charge in [0.25, 0.3) is 0 Å². The second-order valence-electron chi connectivity index (χ2n) is 6.60. The molecule has 0 spiro atoms. The highest BCUT2D eigenvalue weighted by molar-refractivity contribution is 9.10. The smallest absolute Gasteiger partial charge is 0.136 e. The number of nitrogens with one attached hydrogen (secondary N) is 1. The van der Waals surface area contributed by atoms with Gasteiger partial charge in [0.1, 0.15) is 5.75 Å². The Morgan fingerprint density at radius 3 is 2.67 bits per heavy atom. The summed E-state index contributed by atoms with van der Waals surface area (Å²) in [5.74, 6) is 2.54. The molecule has 1 N–H and O–H groups in total. The van der Waals surface area contributed by atoms with Crippen molar-refractivity contribution in [2.45, 2.75) is 50.9 Å². The highest BCUT2D eigenvalue weighted by Crippen LogP contribution is 2.42. The van der Waals surface area contributed by atoms with Gasteiger partial charge in [0, 0.05) is 0 Å². The molecule has 0 amide bonds. The second kappa shape index (κ2) is 7.15. The van der Waals surface area contributed by atoms with Crippen LogP contribution in [0.25, 0.3) is 0 Å². The maximum atomic E-state index is 5.67. The Hall–Kier alpha value is -0.540. The van der Waals surface area contributed by atoms with E-state index in [1.807, 2.05) is 0 Å². The number of hydrogen-bond donors (Lipinski definition) is 1. The molecule has 0 bridgehead atoms. The van der Waals surface area contributed by atoms with Crippen molar-refractivity contribution in [2.24, 2.45) is 5.92 Å². The molecule has 3 rings (SSSR count). The molecule has 0 aromatic heterocycles. The minimum atomic E-state index is 0.695. The highest BCUT2D eigenvalue weighted by atomic mass is 79.9. The Labute approximate surface area is 136 Å². The van der Waals surface area contributed by atoms with Crippen molar-refractivity contribution in [3.63, 3.8) is 0 Å². The Morgan fingerprint density at radius 1 is 1.19 bits per heavy atom. The fourth-order valence-electron chi connectivity index (χ4n) is 3.98. The number of benzene rings is 1. The average Bonchev–Trinajstić information content (AvgIpc) is 3.02. The summed E-state index contributed by atoms with van der Waals surface area (Å²) < 4.78 is 6.81. The summed E-state index contributed by atoms with van der Waals surface area (Å²) in [7, 11) is 1.79. The van der Waals surface area contributed by atoms with Gasteiger partial charge in [-0.3, -0.25) is 0 Å². The molecule has 2 aliphatic rings. The van der Waals surface area contributed by atoms with Crippen LogP contribution < -0.4 is 10.1 Å². The van der Waals surface area contributed by atoms with E-state index in [0.717, 1.165) is 16.1 Å². The van der Waals surface area contributed by atoms with Crippen LogP contribution >= 0.6 is 15.9 Å². The molecule has 1 atom stereocenters. The van der Waals surface area contributed by atoms with Crippen LogP contribution in [-0.4, -0.2) is 20.2 Å². The van der Waals surface area contributed by atoms with Gasteiger partial charge in [-0.2, -0.15) is 0 Å². The summed E-state index contributed by atoms with van der Waals surface area (Å²) in [5.41, 5.74) is 2.90. The molecule has 3 heteroatoms. The summed E-state index contributed by atoms with van der Waals surface area (Å²) in [6, 6.07) is 4.69. The quantitative estimate of drug-likeness (QED) is 0.851. The molecule has 0 radical (unpaired) electrons. The SMILES string of the molecule is COc1c(Br)cc(CC2CCCNC2)cc1C1CCCC1. The number of rotatable bonds is 4. The highest BCUT2D eigenvalue weighted by Gasteiger charge is 2.23. The topological polar surface area (TPSA) is 21.3 Å². The lowest BCUT2D eigenvalue weighted by Crippen LogP contribution is -2.30. The van der Waals surface area contributed by atoms with Crippen molar-refractivity contribution in [2.75, 3.05) is 20.2 Å². The van der Waals surface area contributed by atoms with Crippen molar-refractivity contribution < 1.29 is 4.74 Å². The normalized spacial score (nSPS) is 23.4. The predicted molar refractivity (Wildman–Crippen MR) is 91.2 cm³/mol. The Balaban J connectivity index is 1.83. The molecule has 2 fully saturated rings. The first-order chi connectivity index (χ1) is 10.3. The Kier molecular flexibility index (Phi) is 5.23. The molecular weight excluding hydrogens is 326 g/mol. The number of ether oxygens (including phenoxy) is 1. The molecule has 1 heterocycles. The number of methoxy groups -OCH3 is 1. The molecule has 116 valence electrons. The first-order valence-corrected chi connectivity index (χ1v) is 9.14. The summed E-state index contributed by atoms with van der Waals surface area (Å²) in [5, 5.41) is 3.53. The van der Waals surface area contributed by atoms with Gasteiger partial charge in [0.05, 0.1) is 11.6 Å². The largest absolute Gasteiger partial charge is 0.495 e. The van der Waals surface area contributed by atoms with E-state index in [2.05, 4.69) is 33.4 Å². The summed E-state index contributed by atoms with van der Waals surface area (Å²) in [4.78, 5) is 0. The summed E-state index contributed by atoms with van der Waals surface area (Å²) in [6.07, 6.45) is 9.22. The minimum Gasteiger partial charge on any atom is -0.495 e. The molecule has 2 nitrogen and oxygen atoms in total. The number of hydrogen-bond acceptors (Lipinski definition) is 2. The van der Waals surface area contributed by atoms with Crippen LogP contribution in [0.2, 0.25) is 0 Å². The molecular formula is C18H26BrNO. The molecule has 1 aromatic carbocycles. The molecule has 1 saturated carbocycles. The van der Waals surface area contributed by atoms with Gasteiger partial charge in [0.2, 0.25) is 0 Å². The van der Waals surface area contributed by atoms with Gasteiger partial charge in [0.15, 0.2) is 0 Å². The third-order valence-electron chi connectivity index (χ3n) is 5.05. The van der Waals surface area contributed by atoms with Crippen LogP contribution in [0.15, 0.2) is 16.6 Å². The predicted octanol–water partition coefficient (Wildman–Crippen LogP) is 4.66. The fourth-order valence-corrected chi connectivity index (χ4v) is 4.66. The molecule has 1 saturated heterocycles. The maximum absolute atomic E-state index is 5.67. The molecule has 21 heavy (non-hydrogen) atoms. The van der Waals surface area contributed by atoms with Gasteiger partial charge in [-0.1, -0.05) is 18.9 Å². The average molecular weight is 352 g/mol. The third kappa shape index (κ3) is 3.62. The zero-order chi connectivity index (χ0) is 14.7. The zero-order valence-corrected chi connectivity index (χ0v) is 14.5. The van der Waals surface area contributed by atoms with Gasteiger partial charge >= 0.3 is 0 Å². The summed E-state index contributed by atoms with van der Waals surface area (Å²) in [6.45, 7) is 2.36. The van der Waals surface area contributed by atoms with Crippen LogP contribution in [0.3, 0.4) is 0 Å². The van der Waals surface area contributed by atoms with E-state index in [1.165, 1.54) is 69.2 Å². The van der Waals surface area contributed by atoms with Crippen molar-refractivity contribution in [3.05, 3.63) is 27.7 Å². The Bertz CT molecular complexity index is 476. The first kappa shape index (κ1) is 15.4. The lowest BCUT2D eigenvalue weighted by Gasteiger charge is -2.24. The number of halogens is 1. The van der Waals surface area contributed by atoms with Crippen LogP contribution in [0.5, 0.6) is 5.75 Å². The number of piperidine rings is 1. The molecule has 1 aromatic rings. The lowest BCUT2D eigenvalue weighted by atomic mass is 9.89. The van der Waals surface area contributed by atoms with E-state index >= 15 is 0 Å². The van der Waals surface area contributed by atoms with E-state index in [0.29, 0.717) is 5.92 Å². The van der Waals surface area contributed by atoms with E-state index < -0.39 is 0 Å². The van der Waals surface area contributed by atoms with Crippen LogP contribution in [0.1, 0.15) is 55.6 Å². The summed E-state index contributed by atoms with van der Waals surface area (Å²) >= 11 is 3.73. The third-order valence-corrected chi connectivity index (χ3v) is 5.64. The zero-order valence-electron chi connectivity index (χ0n) is 13.0.